The molecule has 1 aromatic heterocycles. The lowest BCUT2D eigenvalue weighted by molar-refractivity contribution is 0.397. The second kappa shape index (κ2) is 6.61. The van der Waals surface area contributed by atoms with Crippen LogP contribution in [0.1, 0.15) is 16.0 Å². The summed E-state index contributed by atoms with van der Waals surface area (Å²) in [5.74, 6) is 1.60. The van der Waals surface area contributed by atoms with Crippen LogP contribution in [0.4, 0.5) is 0 Å². The molecular formula is C13H11Br3O2S. The summed E-state index contributed by atoms with van der Waals surface area (Å²) in [6.07, 6.45) is 0. The Hall–Kier alpha value is -0.0400. The number of halogens is 3. The van der Waals surface area contributed by atoms with E-state index in [0.717, 1.165) is 25.3 Å². The van der Waals surface area contributed by atoms with Gasteiger partial charge in [0.05, 0.1) is 27.3 Å². The van der Waals surface area contributed by atoms with Crippen LogP contribution in [0.3, 0.4) is 0 Å². The average molecular weight is 471 g/mol. The van der Waals surface area contributed by atoms with Gasteiger partial charge in [-0.15, -0.1) is 11.3 Å². The van der Waals surface area contributed by atoms with Gasteiger partial charge in [0.15, 0.2) is 0 Å². The van der Waals surface area contributed by atoms with Gasteiger partial charge in [-0.05, 0) is 61.0 Å². The molecular weight excluding hydrogens is 460 g/mol. The topological polar surface area (TPSA) is 18.5 Å². The first kappa shape index (κ1) is 15.4. The van der Waals surface area contributed by atoms with Crippen LogP contribution < -0.4 is 9.47 Å². The molecule has 0 fully saturated rings. The number of methoxy groups -OCH3 is 2. The quantitative estimate of drug-likeness (QED) is 0.528. The van der Waals surface area contributed by atoms with E-state index in [1.54, 1.807) is 25.6 Å². The monoisotopic (exact) mass is 468 g/mol. The van der Waals surface area contributed by atoms with Gasteiger partial charge < -0.3 is 9.47 Å². The minimum Gasteiger partial charge on any atom is -0.496 e. The van der Waals surface area contributed by atoms with Crippen molar-refractivity contribution < 1.29 is 9.47 Å². The Morgan fingerprint density at radius 1 is 1.05 bits per heavy atom. The van der Waals surface area contributed by atoms with Crippen LogP contribution in [0, 0.1) is 0 Å². The molecule has 1 atom stereocenters. The zero-order valence-electron chi connectivity index (χ0n) is 10.2. The highest BCUT2D eigenvalue weighted by molar-refractivity contribution is 9.11. The molecule has 0 saturated heterocycles. The second-order valence-electron chi connectivity index (χ2n) is 3.78. The van der Waals surface area contributed by atoms with Crippen molar-refractivity contribution in [3.05, 3.63) is 43.0 Å². The number of ether oxygens (including phenoxy) is 2. The summed E-state index contributed by atoms with van der Waals surface area (Å²) in [6.45, 7) is 0. The third-order valence-corrected chi connectivity index (χ3v) is 5.82. The van der Waals surface area contributed by atoms with E-state index in [2.05, 4.69) is 59.2 Å². The molecule has 1 unspecified atom stereocenters. The van der Waals surface area contributed by atoms with Crippen molar-refractivity contribution >= 4 is 59.1 Å². The summed E-state index contributed by atoms with van der Waals surface area (Å²) in [7, 11) is 3.32. The number of benzene rings is 1. The number of alkyl halides is 1. The standard InChI is InChI=1S/C13H11Br3O2S/c1-17-10-5-9(14)11(18-2)4-8(10)13(16)7-3-12(15)19-6-7/h3-6,13H,1-2H3. The van der Waals surface area contributed by atoms with E-state index in [4.69, 9.17) is 9.47 Å². The lowest BCUT2D eigenvalue weighted by Crippen LogP contribution is -1.98. The van der Waals surface area contributed by atoms with Crippen molar-refractivity contribution in [1.82, 2.24) is 0 Å². The highest BCUT2D eigenvalue weighted by Gasteiger charge is 2.19. The van der Waals surface area contributed by atoms with Crippen molar-refractivity contribution in [1.29, 1.82) is 0 Å². The number of rotatable bonds is 4. The van der Waals surface area contributed by atoms with E-state index in [1.807, 2.05) is 12.1 Å². The zero-order chi connectivity index (χ0) is 14.0. The SMILES string of the molecule is COc1cc(C(Br)c2csc(Br)c2)c(OC)cc1Br. The van der Waals surface area contributed by atoms with Crippen LogP contribution in [0.2, 0.25) is 0 Å². The van der Waals surface area contributed by atoms with E-state index in [1.165, 1.54) is 5.56 Å². The fourth-order valence-electron chi connectivity index (χ4n) is 1.72. The maximum Gasteiger partial charge on any atom is 0.133 e. The van der Waals surface area contributed by atoms with Crippen molar-refractivity contribution in [3.8, 4) is 11.5 Å². The molecule has 2 nitrogen and oxygen atoms in total. The van der Waals surface area contributed by atoms with Crippen molar-refractivity contribution in [2.24, 2.45) is 0 Å². The fraction of sp³-hybridized carbons (Fsp3) is 0.231. The van der Waals surface area contributed by atoms with Crippen LogP contribution in [0.5, 0.6) is 11.5 Å². The molecule has 1 heterocycles. The van der Waals surface area contributed by atoms with Crippen LogP contribution in [-0.4, -0.2) is 14.2 Å². The van der Waals surface area contributed by atoms with Gasteiger partial charge in [-0.2, -0.15) is 0 Å². The van der Waals surface area contributed by atoms with Gasteiger partial charge >= 0.3 is 0 Å². The third-order valence-electron chi connectivity index (χ3n) is 2.66. The van der Waals surface area contributed by atoms with Gasteiger partial charge in [-0.25, -0.2) is 0 Å². The third kappa shape index (κ3) is 3.35. The summed E-state index contributed by atoms with van der Waals surface area (Å²) in [5, 5.41) is 2.11. The lowest BCUT2D eigenvalue weighted by Gasteiger charge is -2.16. The van der Waals surface area contributed by atoms with Gasteiger partial charge in [0, 0.05) is 5.56 Å². The predicted octanol–water partition coefficient (Wildman–Crippen LogP) is 5.77. The van der Waals surface area contributed by atoms with Crippen LogP contribution in [0.25, 0.3) is 0 Å². The molecule has 0 aliphatic heterocycles. The first-order valence-electron chi connectivity index (χ1n) is 5.36. The molecule has 0 spiro atoms. The van der Waals surface area contributed by atoms with Gasteiger partial charge in [0.25, 0.3) is 0 Å². The fourth-order valence-corrected chi connectivity index (χ4v) is 4.20. The molecule has 6 heteroatoms. The summed E-state index contributed by atoms with van der Waals surface area (Å²) in [6, 6.07) is 6.00. The number of hydrogen-bond acceptors (Lipinski definition) is 3. The van der Waals surface area contributed by atoms with Gasteiger partial charge in [-0.3, -0.25) is 0 Å². The summed E-state index contributed by atoms with van der Waals surface area (Å²) in [5.41, 5.74) is 2.22. The van der Waals surface area contributed by atoms with Gasteiger partial charge in [0.1, 0.15) is 11.5 Å². The Kier molecular flexibility index (Phi) is 5.34. The smallest absolute Gasteiger partial charge is 0.133 e. The van der Waals surface area contributed by atoms with Crippen LogP contribution in [-0.2, 0) is 0 Å². The highest BCUT2D eigenvalue weighted by atomic mass is 79.9. The zero-order valence-corrected chi connectivity index (χ0v) is 15.8. The van der Waals surface area contributed by atoms with E-state index >= 15 is 0 Å². The molecule has 0 bridgehead atoms. The molecule has 0 amide bonds. The molecule has 102 valence electrons. The van der Waals surface area contributed by atoms with Crippen molar-refractivity contribution in [3.63, 3.8) is 0 Å². The van der Waals surface area contributed by atoms with E-state index in [0.29, 0.717) is 0 Å². The van der Waals surface area contributed by atoms with Crippen molar-refractivity contribution in [2.45, 2.75) is 4.83 Å². The maximum absolute atomic E-state index is 5.45. The van der Waals surface area contributed by atoms with Crippen LogP contribution >= 0.6 is 59.1 Å². The predicted molar refractivity (Wildman–Crippen MR) is 90.0 cm³/mol. The van der Waals surface area contributed by atoms with E-state index in [-0.39, 0.29) is 4.83 Å². The van der Waals surface area contributed by atoms with E-state index in [9.17, 15) is 0 Å². The largest absolute Gasteiger partial charge is 0.496 e. The summed E-state index contributed by atoms with van der Waals surface area (Å²) >= 11 is 12.3. The van der Waals surface area contributed by atoms with Crippen molar-refractivity contribution in [2.75, 3.05) is 14.2 Å². The first-order chi connectivity index (χ1) is 9.06. The average Bonchev–Trinajstić information content (AvgIpc) is 2.84. The minimum absolute atomic E-state index is 0.0620. The lowest BCUT2D eigenvalue weighted by atomic mass is 10.1. The Labute approximate surface area is 141 Å². The Balaban J connectivity index is 2.48. The minimum atomic E-state index is 0.0620. The molecule has 2 aromatic rings. The number of hydrogen-bond donors (Lipinski definition) is 0. The van der Waals surface area contributed by atoms with E-state index < -0.39 is 0 Å². The number of thiophene rings is 1. The Morgan fingerprint density at radius 3 is 2.26 bits per heavy atom. The first-order valence-corrected chi connectivity index (χ1v) is 8.74. The molecule has 1 aromatic carbocycles. The molecule has 0 saturated carbocycles. The molecule has 0 aliphatic rings. The van der Waals surface area contributed by atoms with Gasteiger partial charge in [-0.1, -0.05) is 15.9 Å². The Bertz CT molecular complexity index is 583. The maximum atomic E-state index is 5.45. The molecule has 0 N–H and O–H groups in total. The second-order valence-corrected chi connectivity index (χ2v) is 7.84. The summed E-state index contributed by atoms with van der Waals surface area (Å²) < 4.78 is 12.8. The van der Waals surface area contributed by atoms with Gasteiger partial charge in [0.2, 0.25) is 0 Å². The molecule has 2 rings (SSSR count). The van der Waals surface area contributed by atoms with Crippen LogP contribution in [0.15, 0.2) is 31.8 Å². The summed E-state index contributed by atoms with van der Waals surface area (Å²) in [4.78, 5) is 0.0620. The molecule has 19 heavy (non-hydrogen) atoms. The molecule has 0 radical (unpaired) electrons. The molecule has 0 aliphatic carbocycles. The Morgan fingerprint density at radius 2 is 1.74 bits per heavy atom. The normalized spacial score (nSPS) is 12.3. The highest BCUT2D eigenvalue weighted by Crippen LogP contribution is 2.43.